The molecule has 5 nitrogen and oxygen atoms in total. The van der Waals surface area contributed by atoms with E-state index in [0.29, 0.717) is 17.1 Å². The molecule has 0 aliphatic carbocycles. The summed E-state index contributed by atoms with van der Waals surface area (Å²) in [6.45, 7) is 1.80. The summed E-state index contributed by atoms with van der Waals surface area (Å²) in [5.74, 6) is -0.931. The van der Waals surface area contributed by atoms with Crippen molar-refractivity contribution < 1.29 is 23.2 Å². The maximum atomic E-state index is 14.1. The SMILES string of the molecule is Cc1cc(=O)n(C)cc1-c1cc(CS(C)=O)ccc1Oc1ccc(F)cc1F.O. The quantitative estimate of drug-likeness (QED) is 0.633. The van der Waals surface area contributed by atoms with Gasteiger partial charge < -0.3 is 14.8 Å². The number of ether oxygens (including phenoxy) is 1. The first-order chi connectivity index (χ1) is 13.2. The number of hydrogen-bond donors (Lipinski definition) is 0. The summed E-state index contributed by atoms with van der Waals surface area (Å²) in [6, 6.07) is 9.80. The van der Waals surface area contributed by atoms with Crippen LogP contribution in [-0.2, 0) is 23.6 Å². The first-order valence-electron chi connectivity index (χ1n) is 8.48. The van der Waals surface area contributed by atoms with Gasteiger partial charge in [-0.1, -0.05) is 6.07 Å². The van der Waals surface area contributed by atoms with Gasteiger partial charge in [0.05, 0.1) is 0 Å². The van der Waals surface area contributed by atoms with Crippen molar-refractivity contribution in [3.05, 3.63) is 81.8 Å². The maximum absolute atomic E-state index is 14.1. The van der Waals surface area contributed by atoms with Gasteiger partial charge in [0.25, 0.3) is 5.56 Å². The van der Waals surface area contributed by atoms with Crippen molar-refractivity contribution in [2.75, 3.05) is 6.26 Å². The summed E-state index contributed by atoms with van der Waals surface area (Å²) in [4.78, 5) is 11.9. The Labute approximate surface area is 169 Å². The Bertz CT molecular complexity index is 1130. The van der Waals surface area contributed by atoms with E-state index >= 15 is 0 Å². The second-order valence-corrected chi connectivity index (χ2v) is 7.98. The Balaban J connectivity index is 0.00000300. The van der Waals surface area contributed by atoms with Gasteiger partial charge in [0.2, 0.25) is 0 Å². The van der Waals surface area contributed by atoms with E-state index in [1.165, 1.54) is 16.7 Å². The smallest absolute Gasteiger partial charge is 0.250 e. The molecule has 1 heterocycles. The summed E-state index contributed by atoms with van der Waals surface area (Å²) in [7, 11) is 0.592. The van der Waals surface area contributed by atoms with Crippen molar-refractivity contribution in [3.63, 3.8) is 0 Å². The Kier molecular flexibility index (Phi) is 7.05. The Morgan fingerprint density at radius 3 is 2.38 bits per heavy atom. The van der Waals surface area contributed by atoms with Gasteiger partial charge in [0.1, 0.15) is 11.6 Å². The van der Waals surface area contributed by atoms with Gasteiger partial charge >= 0.3 is 0 Å². The van der Waals surface area contributed by atoms with E-state index in [4.69, 9.17) is 4.74 Å². The van der Waals surface area contributed by atoms with Crippen molar-refractivity contribution >= 4 is 10.8 Å². The molecule has 0 saturated heterocycles. The highest BCUT2D eigenvalue weighted by molar-refractivity contribution is 7.83. The second kappa shape index (κ2) is 9.11. The molecule has 1 atom stereocenters. The van der Waals surface area contributed by atoms with Crippen molar-refractivity contribution in [3.8, 4) is 22.6 Å². The molecule has 1 unspecified atom stereocenters. The summed E-state index contributed by atoms with van der Waals surface area (Å²) < 4.78 is 46.0. The predicted octanol–water partition coefficient (Wildman–Crippen LogP) is 3.49. The lowest BCUT2D eigenvalue weighted by molar-refractivity contribution is 0.439. The zero-order valence-electron chi connectivity index (χ0n) is 16.2. The highest BCUT2D eigenvalue weighted by Crippen LogP contribution is 2.36. The van der Waals surface area contributed by atoms with Crippen molar-refractivity contribution in [1.82, 2.24) is 4.57 Å². The number of pyridine rings is 1. The largest absolute Gasteiger partial charge is 0.454 e. The Hall–Kier alpha value is -2.84. The van der Waals surface area contributed by atoms with E-state index in [9.17, 15) is 17.8 Å². The number of rotatable bonds is 5. The van der Waals surface area contributed by atoms with Gasteiger partial charge in [0, 0.05) is 59.3 Å². The molecule has 0 spiro atoms. The van der Waals surface area contributed by atoms with Crippen molar-refractivity contribution in [2.45, 2.75) is 12.7 Å². The molecule has 8 heteroatoms. The first-order valence-corrected chi connectivity index (χ1v) is 10.2. The Morgan fingerprint density at radius 1 is 1.03 bits per heavy atom. The van der Waals surface area contributed by atoms with E-state index < -0.39 is 22.4 Å². The van der Waals surface area contributed by atoms with Gasteiger partial charge in [-0.3, -0.25) is 9.00 Å². The molecular formula is C21H21F2NO4S. The topological polar surface area (TPSA) is 79.8 Å². The molecule has 0 fully saturated rings. The number of hydrogen-bond acceptors (Lipinski definition) is 3. The summed E-state index contributed by atoms with van der Waals surface area (Å²) in [6.07, 6.45) is 3.28. The third-order valence-corrected chi connectivity index (χ3v) is 4.99. The van der Waals surface area contributed by atoms with Crippen molar-refractivity contribution in [2.24, 2.45) is 7.05 Å². The lowest BCUT2D eigenvalue weighted by Gasteiger charge is -2.16. The molecule has 3 aromatic rings. The minimum Gasteiger partial charge on any atom is -0.454 e. The normalized spacial score (nSPS) is 11.6. The maximum Gasteiger partial charge on any atom is 0.250 e. The van der Waals surface area contributed by atoms with E-state index in [1.54, 1.807) is 38.6 Å². The van der Waals surface area contributed by atoms with Crippen molar-refractivity contribution in [1.29, 1.82) is 0 Å². The number of aromatic nitrogens is 1. The van der Waals surface area contributed by atoms with Crippen LogP contribution in [0.4, 0.5) is 8.78 Å². The Morgan fingerprint density at radius 2 is 1.72 bits per heavy atom. The van der Waals surface area contributed by atoms with Gasteiger partial charge in [-0.25, -0.2) is 8.78 Å². The fourth-order valence-electron chi connectivity index (χ4n) is 2.88. The molecule has 2 N–H and O–H groups in total. The minimum atomic E-state index is -1.04. The summed E-state index contributed by atoms with van der Waals surface area (Å²) >= 11 is 0. The average Bonchev–Trinajstić information content (AvgIpc) is 2.61. The first kappa shape index (κ1) is 22.4. The van der Waals surface area contributed by atoms with Crippen LogP contribution in [0.25, 0.3) is 11.1 Å². The molecule has 0 aliphatic heterocycles. The van der Waals surface area contributed by atoms with Crippen LogP contribution >= 0.6 is 0 Å². The molecular weight excluding hydrogens is 400 g/mol. The van der Waals surface area contributed by atoms with Crippen LogP contribution in [0.15, 0.2) is 53.5 Å². The standard InChI is InChI=1S/C21H19F2NO3S.H2O/c1-13-8-21(25)24(2)11-17(13)16-9-14(12-28(3)26)4-6-19(16)27-20-7-5-15(22)10-18(20)23;/h4-11H,12H2,1-3H3;1H2. The molecule has 29 heavy (non-hydrogen) atoms. The zero-order valence-corrected chi connectivity index (χ0v) is 17.0. The fourth-order valence-corrected chi connectivity index (χ4v) is 3.53. The van der Waals surface area contributed by atoms with Gasteiger partial charge in [-0.15, -0.1) is 0 Å². The van der Waals surface area contributed by atoms with Crippen LogP contribution in [0.1, 0.15) is 11.1 Å². The third kappa shape index (κ3) is 5.16. The van der Waals surface area contributed by atoms with E-state index in [2.05, 4.69) is 0 Å². The lowest BCUT2D eigenvalue weighted by Crippen LogP contribution is -2.15. The zero-order chi connectivity index (χ0) is 20.4. The van der Waals surface area contributed by atoms with Crippen LogP contribution in [0, 0.1) is 18.6 Å². The number of nitrogens with zero attached hydrogens (tertiary/aromatic N) is 1. The molecule has 154 valence electrons. The fraction of sp³-hybridized carbons (Fsp3) is 0.190. The predicted molar refractivity (Wildman–Crippen MR) is 110 cm³/mol. The lowest BCUT2D eigenvalue weighted by atomic mass is 10.00. The van der Waals surface area contributed by atoms with Crippen LogP contribution in [0.3, 0.4) is 0 Å². The van der Waals surface area contributed by atoms with E-state index in [0.717, 1.165) is 28.8 Å². The molecule has 0 aliphatic rings. The molecule has 0 radical (unpaired) electrons. The van der Waals surface area contributed by atoms with Crippen LogP contribution in [0.2, 0.25) is 0 Å². The molecule has 0 bridgehead atoms. The molecule has 0 amide bonds. The van der Waals surface area contributed by atoms with Crippen LogP contribution in [-0.4, -0.2) is 20.5 Å². The van der Waals surface area contributed by atoms with Gasteiger partial charge in [-0.2, -0.15) is 0 Å². The average molecular weight is 421 g/mol. The van der Waals surface area contributed by atoms with E-state index in [1.807, 2.05) is 6.07 Å². The minimum absolute atomic E-state index is 0. The van der Waals surface area contributed by atoms with Crippen LogP contribution in [0.5, 0.6) is 11.5 Å². The number of aryl methyl sites for hydroxylation is 2. The van der Waals surface area contributed by atoms with E-state index in [-0.39, 0.29) is 16.8 Å². The summed E-state index contributed by atoms with van der Waals surface area (Å²) in [5.41, 5.74) is 2.74. The molecule has 0 saturated carbocycles. The summed E-state index contributed by atoms with van der Waals surface area (Å²) in [5, 5.41) is 0. The van der Waals surface area contributed by atoms with Gasteiger partial charge in [0.15, 0.2) is 11.6 Å². The molecule has 3 rings (SSSR count). The monoisotopic (exact) mass is 421 g/mol. The second-order valence-electron chi connectivity index (χ2n) is 6.54. The number of benzene rings is 2. The van der Waals surface area contributed by atoms with Gasteiger partial charge in [-0.05, 0) is 42.3 Å². The highest BCUT2D eigenvalue weighted by atomic mass is 32.2. The number of halogens is 2. The third-order valence-electron chi connectivity index (χ3n) is 4.25. The highest BCUT2D eigenvalue weighted by Gasteiger charge is 2.15. The van der Waals surface area contributed by atoms with Crippen LogP contribution < -0.4 is 10.3 Å². The molecule has 2 aromatic carbocycles. The molecule has 1 aromatic heterocycles.